The zero-order chi connectivity index (χ0) is 18.1. The quantitative estimate of drug-likeness (QED) is 0.585. The molecule has 1 aromatic rings. The summed E-state index contributed by atoms with van der Waals surface area (Å²) in [6.07, 6.45) is 4.08. The van der Waals surface area contributed by atoms with Crippen LogP contribution in [0.1, 0.15) is 45.1 Å². The summed E-state index contributed by atoms with van der Waals surface area (Å²) >= 11 is 0. The van der Waals surface area contributed by atoms with Crippen LogP contribution in [0.15, 0.2) is 29.3 Å². The van der Waals surface area contributed by atoms with Crippen molar-refractivity contribution in [2.45, 2.75) is 44.9 Å². The minimum Gasteiger partial charge on any atom is -0.381 e. The van der Waals surface area contributed by atoms with Crippen molar-refractivity contribution >= 4 is 5.96 Å². The topological polar surface area (TPSA) is 45.7 Å². The molecular weight excluding hydrogens is 317 g/mol. The summed E-state index contributed by atoms with van der Waals surface area (Å²) in [6, 6.07) is 6.98. The molecule has 0 aromatic heterocycles. The Hall–Kier alpha value is -1.62. The van der Waals surface area contributed by atoms with Gasteiger partial charge in [0.1, 0.15) is 5.82 Å². The Kier molecular flexibility index (Phi) is 7.69. The van der Waals surface area contributed by atoms with Crippen LogP contribution >= 0.6 is 0 Å². The van der Waals surface area contributed by atoms with Crippen LogP contribution in [0.4, 0.5) is 4.39 Å². The number of benzene rings is 1. The summed E-state index contributed by atoms with van der Waals surface area (Å²) in [4.78, 5) is 4.34. The average Bonchev–Trinajstić information content (AvgIpc) is 2.65. The predicted molar refractivity (Wildman–Crippen MR) is 102 cm³/mol. The first-order valence-corrected chi connectivity index (χ1v) is 9.42. The molecule has 2 N–H and O–H groups in total. The molecule has 1 aliphatic heterocycles. The van der Waals surface area contributed by atoms with Crippen LogP contribution in [0.25, 0.3) is 0 Å². The fourth-order valence-corrected chi connectivity index (χ4v) is 3.44. The Bertz CT molecular complexity index is 552. The van der Waals surface area contributed by atoms with Gasteiger partial charge in [-0.1, -0.05) is 38.8 Å². The van der Waals surface area contributed by atoms with Crippen molar-refractivity contribution in [3.8, 4) is 0 Å². The molecule has 0 radical (unpaired) electrons. The van der Waals surface area contributed by atoms with Crippen LogP contribution in [-0.4, -0.2) is 39.3 Å². The highest BCUT2D eigenvalue weighted by Gasteiger charge is 2.34. The summed E-state index contributed by atoms with van der Waals surface area (Å²) in [6.45, 7) is 7.49. The molecule has 0 atom stereocenters. The van der Waals surface area contributed by atoms with Gasteiger partial charge in [0, 0.05) is 38.8 Å². The minimum absolute atomic E-state index is 0.118. The van der Waals surface area contributed by atoms with Crippen LogP contribution < -0.4 is 10.6 Å². The van der Waals surface area contributed by atoms with E-state index in [1.165, 1.54) is 6.07 Å². The number of nitrogens with zero attached hydrogens (tertiary/aromatic N) is 1. The molecule has 2 rings (SSSR count). The van der Waals surface area contributed by atoms with Crippen molar-refractivity contribution in [2.75, 3.05) is 33.4 Å². The Balaban J connectivity index is 2.04. The average molecular weight is 349 g/mol. The summed E-state index contributed by atoms with van der Waals surface area (Å²) in [7, 11) is 1.79. The third-order valence-corrected chi connectivity index (χ3v) is 5.42. The normalized spacial score (nSPS) is 17.6. The first-order valence-electron chi connectivity index (χ1n) is 9.42. The van der Waals surface area contributed by atoms with E-state index >= 15 is 0 Å². The molecule has 1 saturated heterocycles. The molecule has 1 aliphatic rings. The van der Waals surface area contributed by atoms with E-state index in [0.29, 0.717) is 19.1 Å². The largest absolute Gasteiger partial charge is 0.381 e. The van der Waals surface area contributed by atoms with E-state index in [4.69, 9.17) is 4.74 Å². The molecule has 0 saturated carbocycles. The van der Waals surface area contributed by atoms with Gasteiger partial charge in [-0.05, 0) is 36.5 Å². The van der Waals surface area contributed by atoms with Crippen LogP contribution in [-0.2, 0) is 10.2 Å². The first kappa shape index (κ1) is 19.7. The van der Waals surface area contributed by atoms with Gasteiger partial charge in [0.15, 0.2) is 5.96 Å². The summed E-state index contributed by atoms with van der Waals surface area (Å²) in [5.74, 6) is 1.28. The number of aliphatic imine (C=N–C) groups is 1. The maximum absolute atomic E-state index is 13.8. The predicted octanol–water partition coefficient (Wildman–Crippen LogP) is 3.48. The van der Waals surface area contributed by atoms with Crippen molar-refractivity contribution in [1.29, 1.82) is 0 Å². The summed E-state index contributed by atoms with van der Waals surface area (Å²) in [5.41, 5.74) is 0.922. The monoisotopic (exact) mass is 349 g/mol. The Morgan fingerprint density at radius 2 is 1.96 bits per heavy atom. The van der Waals surface area contributed by atoms with Crippen molar-refractivity contribution in [1.82, 2.24) is 10.6 Å². The standard InChI is InChI=1S/C20H32FN3O/c1-4-16(5-2)14-23-19(22-3)24-15-20(9-11-25-12-10-20)17-7-6-8-18(21)13-17/h6-8,13,16H,4-5,9-12,14-15H2,1-3H3,(H2,22,23,24). The van der Waals surface area contributed by atoms with Gasteiger partial charge in [-0.25, -0.2) is 4.39 Å². The lowest BCUT2D eigenvalue weighted by Gasteiger charge is -2.38. The number of ether oxygens (including phenoxy) is 1. The van der Waals surface area contributed by atoms with Gasteiger partial charge in [0.25, 0.3) is 0 Å². The highest BCUT2D eigenvalue weighted by atomic mass is 19.1. The SMILES string of the molecule is CCC(CC)CNC(=NC)NCC1(c2cccc(F)c2)CCOCC1. The first-order chi connectivity index (χ1) is 12.1. The van der Waals surface area contributed by atoms with Crippen LogP contribution in [0, 0.1) is 11.7 Å². The van der Waals surface area contributed by atoms with E-state index in [0.717, 1.165) is 50.3 Å². The van der Waals surface area contributed by atoms with Crippen molar-refractivity contribution < 1.29 is 9.13 Å². The van der Waals surface area contributed by atoms with Gasteiger partial charge in [-0.3, -0.25) is 4.99 Å². The number of nitrogens with one attached hydrogen (secondary N) is 2. The van der Waals surface area contributed by atoms with Gasteiger partial charge in [0.05, 0.1) is 0 Å². The summed E-state index contributed by atoms with van der Waals surface area (Å²) in [5, 5.41) is 6.89. The lowest BCUT2D eigenvalue weighted by molar-refractivity contribution is 0.0513. The highest BCUT2D eigenvalue weighted by molar-refractivity contribution is 5.79. The molecular formula is C20H32FN3O. The molecule has 0 aliphatic carbocycles. The zero-order valence-corrected chi connectivity index (χ0v) is 15.8. The Labute approximate surface area is 151 Å². The second kappa shape index (κ2) is 9.76. The fraction of sp³-hybridized carbons (Fsp3) is 0.650. The zero-order valence-electron chi connectivity index (χ0n) is 15.8. The molecule has 0 spiro atoms. The fourth-order valence-electron chi connectivity index (χ4n) is 3.44. The third-order valence-electron chi connectivity index (χ3n) is 5.42. The van der Waals surface area contributed by atoms with E-state index in [1.807, 2.05) is 6.07 Å². The summed E-state index contributed by atoms with van der Waals surface area (Å²) < 4.78 is 19.3. The molecule has 0 bridgehead atoms. The van der Waals surface area contributed by atoms with Crippen molar-refractivity contribution in [3.05, 3.63) is 35.6 Å². The number of hydrogen-bond acceptors (Lipinski definition) is 2. The maximum Gasteiger partial charge on any atom is 0.191 e. The smallest absolute Gasteiger partial charge is 0.191 e. The van der Waals surface area contributed by atoms with E-state index in [9.17, 15) is 4.39 Å². The second-order valence-electron chi connectivity index (χ2n) is 6.89. The molecule has 1 aromatic carbocycles. The van der Waals surface area contributed by atoms with E-state index < -0.39 is 0 Å². The molecule has 0 unspecified atom stereocenters. The Morgan fingerprint density at radius 1 is 1.24 bits per heavy atom. The third kappa shape index (κ3) is 5.43. The van der Waals surface area contributed by atoms with E-state index in [1.54, 1.807) is 19.2 Å². The number of guanidine groups is 1. The highest BCUT2D eigenvalue weighted by Crippen LogP contribution is 2.34. The van der Waals surface area contributed by atoms with Gasteiger partial charge in [0.2, 0.25) is 0 Å². The van der Waals surface area contributed by atoms with Gasteiger partial charge in [-0.15, -0.1) is 0 Å². The number of hydrogen-bond donors (Lipinski definition) is 2. The van der Waals surface area contributed by atoms with Gasteiger partial charge >= 0.3 is 0 Å². The minimum atomic E-state index is -0.181. The van der Waals surface area contributed by atoms with Gasteiger partial charge < -0.3 is 15.4 Å². The van der Waals surface area contributed by atoms with Crippen molar-refractivity contribution in [2.24, 2.45) is 10.9 Å². The van der Waals surface area contributed by atoms with E-state index in [2.05, 4.69) is 29.5 Å². The Morgan fingerprint density at radius 3 is 2.56 bits per heavy atom. The molecule has 4 nitrogen and oxygen atoms in total. The molecule has 0 amide bonds. The van der Waals surface area contributed by atoms with Crippen LogP contribution in [0.2, 0.25) is 0 Å². The molecule has 1 fully saturated rings. The molecule has 1 heterocycles. The van der Waals surface area contributed by atoms with Crippen molar-refractivity contribution in [3.63, 3.8) is 0 Å². The van der Waals surface area contributed by atoms with Crippen LogP contribution in [0.3, 0.4) is 0 Å². The molecule has 25 heavy (non-hydrogen) atoms. The van der Waals surface area contributed by atoms with Crippen LogP contribution in [0.5, 0.6) is 0 Å². The lowest BCUT2D eigenvalue weighted by atomic mass is 9.74. The number of rotatable bonds is 7. The number of halogens is 1. The van der Waals surface area contributed by atoms with Gasteiger partial charge in [-0.2, -0.15) is 0 Å². The lowest BCUT2D eigenvalue weighted by Crippen LogP contribution is -2.48. The molecule has 5 heteroatoms. The maximum atomic E-state index is 13.8. The second-order valence-corrected chi connectivity index (χ2v) is 6.89. The van der Waals surface area contributed by atoms with E-state index in [-0.39, 0.29) is 11.2 Å². The molecule has 140 valence electrons.